The summed E-state index contributed by atoms with van der Waals surface area (Å²) in [5, 5.41) is 16.0. The summed E-state index contributed by atoms with van der Waals surface area (Å²) in [7, 11) is 0. The molecule has 9 heteroatoms. The molecule has 0 aliphatic rings. The normalized spacial score (nSPS) is 10.2. The first-order chi connectivity index (χ1) is 10.0. The van der Waals surface area contributed by atoms with E-state index in [0.717, 1.165) is 18.3 Å². The quantitative estimate of drug-likeness (QED) is 0.651. The van der Waals surface area contributed by atoms with E-state index >= 15 is 0 Å². The van der Waals surface area contributed by atoms with Gasteiger partial charge < -0.3 is 10.6 Å². The molecule has 1 heterocycles. The van der Waals surface area contributed by atoms with Crippen LogP contribution in [0.15, 0.2) is 24.4 Å². The van der Waals surface area contributed by atoms with E-state index in [4.69, 9.17) is 0 Å². The molecule has 0 bridgehead atoms. The average molecular weight is 295 g/mol. The maximum absolute atomic E-state index is 13.6. The smallest absolute Gasteiger partial charge is 0.329 e. The van der Waals surface area contributed by atoms with Crippen molar-refractivity contribution in [1.82, 2.24) is 9.97 Å². The molecular weight excluding hydrogens is 284 g/mol. The average Bonchev–Trinajstić information content (AvgIpc) is 2.43. The van der Waals surface area contributed by atoms with E-state index in [0.29, 0.717) is 6.54 Å². The minimum Gasteiger partial charge on any atom is -0.354 e. The minimum atomic E-state index is -0.882. The Morgan fingerprint density at radius 2 is 2.00 bits per heavy atom. The first-order valence-corrected chi connectivity index (χ1v) is 5.99. The van der Waals surface area contributed by atoms with E-state index in [1.807, 2.05) is 0 Å². The summed E-state index contributed by atoms with van der Waals surface area (Å²) < 4.78 is 27.2. The van der Waals surface area contributed by atoms with Gasteiger partial charge in [-0.3, -0.25) is 10.1 Å². The third-order valence-corrected chi connectivity index (χ3v) is 2.51. The molecule has 2 rings (SSSR count). The Bertz CT molecular complexity index is 660. The van der Waals surface area contributed by atoms with Crippen LogP contribution in [0.5, 0.6) is 0 Å². The second-order valence-electron chi connectivity index (χ2n) is 3.94. The molecule has 1 aromatic carbocycles. The number of benzene rings is 1. The molecule has 0 aliphatic carbocycles. The maximum Gasteiger partial charge on any atom is 0.329 e. The topological polar surface area (TPSA) is 93.0 Å². The van der Waals surface area contributed by atoms with Crippen LogP contribution in [-0.4, -0.2) is 21.4 Å². The molecule has 2 N–H and O–H groups in total. The first kappa shape index (κ1) is 14.6. The summed E-state index contributed by atoms with van der Waals surface area (Å²) in [6, 6.07) is 3.25. The maximum atomic E-state index is 13.6. The van der Waals surface area contributed by atoms with Crippen molar-refractivity contribution >= 4 is 23.1 Å². The lowest BCUT2D eigenvalue weighted by Crippen LogP contribution is -2.08. The molecular formula is C12H11F2N5O2. The zero-order valence-corrected chi connectivity index (χ0v) is 10.9. The van der Waals surface area contributed by atoms with E-state index < -0.39 is 27.9 Å². The third-order valence-electron chi connectivity index (χ3n) is 2.51. The predicted octanol–water partition coefficient (Wildman–Crippen LogP) is 2.84. The summed E-state index contributed by atoms with van der Waals surface area (Å²) in [6.45, 7) is 2.28. The largest absolute Gasteiger partial charge is 0.354 e. The fraction of sp³-hybridized carbons (Fsp3) is 0.167. The molecule has 2 aromatic rings. The number of halogens is 2. The van der Waals surface area contributed by atoms with Gasteiger partial charge in [0.15, 0.2) is 0 Å². The molecule has 0 fully saturated rings. The van der Waals surface area contributed by atoms with Gasteiger partial charge in [0.2, 0.25) is 11.8 Å². The van der Waals surface area contributed by atoms with Crippen molar-refractivity contribution in [3.05, 3.63) is 46.1 Å². The molecule has 0 spiro atoms. The van der Waals surface area contributed by atoms with Crippen LogP contribution in [0.2, 0.25) is 0 Å². The molecule has 0 aliphatic heterocycles. The van der Waals surface area contributed by atoms with Gasteiger partial charge in [0, 0.05) is 6.54 Å². The van der Waals surface area contributed by atoms with Crippen LogP contribution in [-0.2, 0) is 0 Å². The molecule has 7 nitrogen and oxygen atoms in total. The van der Waals surface area contributed by atoms with E-state index in [9.17, 15) is 18.9 Å². The number of para-hydroxylation sites is 1. The van der Waals surface area contributed by atoms with E-state index in [1.54, 1.807) is 6.92 Å². The molecule has 0 saturated carbocycles. The molecule has 0 unspecified atom stereocenters. The number of nitrogens with one attached hydrogen (secondary N) is 2. The van der Waals surface area contributed by atoms with Gasteiger partial charge in [-0.05, 0) is 19.1 Å². The monoisotopic (exact) mass is 295 g/mol. The van der Waals surface area contributed by atoms with Crippen LogP contribution in [0, 0.1) is 21.7 Å². The lowest BCUT2D eigenvalue weighted by atomic mass is 10.3. The number of anilines is 3. The standard InChI is InChI=1S/C12H11F2N5O2/c1-2-15-12-16-6-9(19(20)21)11(18-12)17-10-7(13)4-3-5-8(10)14/h3-6H,2H2,1H3,(H2,15,16,17,18). The summed E-state index contributed by atoms with van der Waals surface area (Å²) in [5.74, 6) is -1.95. The summed E-state index contributed by atoms with van der Waals surface area (Å²) in [6.07, 6.45) is 0.964. The third kappa shape index (κ3) is 3.19. The van der Waals surface area contributed by atoms with Crippen molar-refractivity contribution in [2.75, 3.05) is 17.2 Å². The highest BCUT2D eigenvalue weighted by molar-refractivity contribution is 5.66. The Balaban J connectivity index is 2.46. The molecule has 0 saturated heterocycles. The first-order valence-electron chi connectivity index (χ1n) is 5.99. The Hall–Kier alpha value is -2.84. The molecule has 0 atom stereocenters. The molecule has 0 amide bonds. The predicted molar refractivity (Wildman–Crippen MR) is 72.5 cm³/mol. The van der Waals surface area contributed by atoms with E-state index in [1.165, 1.54) is 6.07 Å². The van der Waals surface area contributed by atoms with Crippen molar-refractivity contribution in [3.8, 4) is 0 Å². The SMILES string of the molecule is CCNc1ncc([N+](=O)[O-])c(Nc2c(F)cccc2F)n1. The van der Waals surface area contributed by atoms with Crippen LogP contribution >= 0.6 is 0 Å². The fourth-order valence-electron chi connectivity index (χ4n) is 1.58. The number of hydrogen-bond acceptors (Lipinski definition) is 6. The number of aromatic nitrogens is 2. The van der Waals surface area contributed by atoms with Crippen molar-refractivity contribution in [2.45, 2.75) is 6.92 Å². The van der Waals surface area contributed by atoms with Gasteiger partial charge in [-0.15, -0.1) is 0 Å². The van der Waals surface area contributed by atoms with Gasteiger partial charge in [-0.25, -0.2) is 13.8 Å². The Morgan fingerprint density at radius 3 is 2.57 bits per heavy atom. The van der Waals surface area contributed by atoms with Crippen molar-refractivity contribution in [2.24, 2.45) is 0 Å². The number of nitro groups is 1. The Morgan fingerprint density at radius 1 is 1.33 bits per heavy atom. The summed E-state index contributed by atoms with van der Waals surface area (Å²) in [5.41, 5.74) is -0.999. The number of nitrogens with zero attached hydrogens (tertiary/aromatic N) is 3. The lowest BCUT2D eigenvalue weighted by molar-refractivity contribution is -0.384. The van der Waals surface area contributed by atoms with Crippen molar-refractivity contribution in [3.63, 3.8) is 0 Å². The van der Waals surface area contributed by atoms with Gasteiger partial charge in [0.1, 0.15) is 23.5 Å². The van der Waals surface area contributed by atoms with Crippen LogP contribution in [0.25, 0.3) is 0 Å². The van der Waals surface area contributed by atoms with Crippen LogP contribution in [0.3, 0.4) is 0 Å². The van der Waals surface area contributed by atoms with Crippen LogP contribution in [0.4, 0.5) is 31.9 Å². The zero-order chi connectivity index (χ0) is 15.4. The second-order valence-corrected chi connectivity index (χ2v) is 3.94. The molecule has 1 aromatic heterocycles. The molecule has 21 heavy (non-hydrogen) atoms. The van der Waals surface area contributed by atoms with Crippen molar-refractivity contribution < 1.29 is 13.7 Å². The van der Waals surface area contributed by atoms with Crippen LogP contribution < -0.4 is 10.6 Å². The lowest BCUT2D eigenvalue weighted by Gasteiger charge is -2.09. The van der Waals surface area contributed by atoms with Crippen molar-refractivity contribution in [1.29, 1.82) is 0 Å². The van der Waals surface area contributed by atoms with Gasteiger partial charge >= 0.3 is 5.69 Å². The van der Waals surface area contributed by atoms with E-state index in [2.05, 4.69) is 20.6 Å². The highest BCUT2D eigenvalue weighted by atomic mass is 19.1. The Labute approximate surface area is 118 Å². The number of hydrogen-bond donors (Lipinski definition) is 2. The molecule has 0 radical (unpaired) electrons. The van der Waals surface area contributed by atoms with Gasteiger partial charge in [0.05, 0.1) is 4.92 Å². The zero-order valence-electron chi connectivity index (χ0n) is 10.9. The van der Waals surface area contributed by atoms with Gasteiger partial charge in [-0.2, -0.15) is 4.98 Å². The van der Waals surface area contributed by atoms with Crippen LogP contribution in [0.1, 0.15) is 6.92 Å². The second kappa shape index (κ2) is 6.07. The molecule has 110 valence electrons. The number of rotatable bonds is 5. The Kier molecular flexibility index (Phi) is 4.21. The highest BCUT2D eigenvalue weighted by Crippen LogP contribution is 2.28. The summed E-state index contributed by atoms with van der Waals surface area (Å²) in [4.78, 5) is 17.8. The van der Waals surface area contributed by atoms with E-state index in [-0.39, 0.29) is 11.8 Å². The fourth-order valence-corrected chi connectivity index (χ4v) is 1.58. The van der Waals surface area contributed by atoms with Gasteiger partial charge in [-0.1, -0.05) is 6.07 Å². The minimum absolute atomic E-state index is 0.113. The highest BCUT2D eigenvalue weighted by Gasteiger charge is 2.20. The van der Waals surface area contributed by atoms with Gasteiger partial charge in [0.25, 0.3) is 0 Å². The summed E-state index contributed by atoms with van der Waals surface area (Å²) >= 11 is 0.